The number of hydrogen-bond acceptors (Lipinski definition) is 5. The van der Waals surface area contributed by atoms with Crippen molar-refractivity contribution in [2.45, 2.75) is 58.0 Å². The molecule has 0 bridgehead atoms. The van der Waals surface area contributed by atoms with E-state index in [4.69, 9.17) is 0 Å². The van der Waals surface area contributed by atoms with Gasteiger partial charge in [0.1, 0.15) is 6.04 Å². The Balaban J connectivity index is 1.32. The molecular formula is C23H24N2O4S. The number of benzene rings is 1. The van der Waals surface area contributed by atoms with Crippen LogP contribution in [0.2, 0.25) is 0 Å². The van der Waals surface area contributed by atoms with E-state index in [1.54, 1.807) is 16.2 Å². The zero-order chi connectivity index (χ0) is 21.3. The fourth-order valence-electron chi connectivity index (χ4n) is 4.07. The largest absolute Gasteiger partial charge is 0.322 e. The summed E-state index contributed by atoms with van der Waals surface area (Å²) in [7, 11) is 0. The second kappa shape index (κ2) is 8.52. The second-order valence-corrected chi connectivity index (χ2v) is 8.91. The summed E-state index contributed by atoms with van der Waals surface area (Å²) in [5.41, 5.74) is 3.57. The van der Waals surface area contributed by atoms with E-state index >= 15 is 0 Å². The van der Waals surface area contributed by atoms with E-state index in [0.717, 1.165) is 40.8 Å². The molecule has 1 unspecified atom stereocenters. The molecule has 6 nitrogen and oxygen atoms in total. The summed E-state index contributed by atoms with van der Waals surface area (Å²) < 4.78 is 0. The van der Waals surface area contributed by atoms with Crippen LogP contribution < -0.4 is 5.32 Å². The fourth-order valence-corrected chi connectivity index (χ4v) is 5.15. The fraction of sp³-hybridized carbons (Fsp3) is 0.391. The zero-order valence-electron chi connectivity index (χ0n) is 16.9. The van der Waals surface area contributed by atoms with Gasteiger partial charge in [0.15, 0.2) is 5.78 Å². The quantitative estimate of drug-likeness (QED) is 0.419. The number of unbranched alkanes of at least 4 members (excludes halogenated alkanes) is 1. The Bertz CT molecular complexity index is 1010. The summed E-state index contributed by atoms with van der Waals surface area (Å²) in [5.74, 6) is -0.635. The number of amides is 3. The number of Topliss-reactive ketones (excluding diaryl/α,β-unsaturated/α-hetero) is 1. The molecule has 7 heteroatoms. The van der Waals surface area contributed by atoms with E-state index < -0.39 is 6.04 Å². The molecule has 156 valence electrons. The predicted molar refractivity (Wildman–Crippen MR) is 113 cm³/mol. The SMILES string of the molecule is Cc1ccc(C(=O)CCCCc2scc3c2CN(C2CCC(=O)NC2=O)C3=O)cc1. The summed E-state index contributed by atoms with van der Waals surface area (Å²) in [6.07, 6.45) is 3.63. The van der Waals surface area contributed by atoms with Crippen LogP contribution in [0.3, 0.4) is 0 Å². The maximum Gasteiger partial charge on any atom is 0.256 e. The third-order valence-electron chi connectivity index (χ3n) is 5.82. The summed E-state index contributed by atoms with van der Waals surface area (Å²) in [6.45, 7) is 2.42. The molecule has 1 aromatic heterocycles. The van der Waals surface area contributed by atoms with Crippen LogP contribution in [0.5, 0.6) is 0 Å². The van der Waals surface area contributed by atoms with Crippen molar-refractivity contribution in [1.29, 1.82) is 0 Å². The maximum absolute atomic E-state index is 12.8. The Hall–Kier alpha value is -2.80. The lowest BCUT2D eigenvalue weighted by Gasteiger charge is -2.29. The summed E-state index contributed by atoms with van der Waals surface area (Å²) in [5, 5.41) is 4.20. The van der Waals surface area contributed by atoms with E-state index in [1.165, 1.54) is 0 Å². The Kier molecular flexibility index (Phi) is 5.81. The number of fused-ring (bicyclic) bond motifs is 1. The standard InChI is InChI=1S/C23H24N2O4S/c1-14-6-8-15(9-7-14)19(26)4-2-3-5-20-16-12-25(23(29)17(16)13-30-20)18-10-11-21(27)24-22(18)28/h6-9,13,18H,2-5,10-12H2,1H3,(H,24,27,28). The first-order valence-electron chi connectivity index (χ1n) is 10.3. The Labute approximate surface area is 179 Å². The molecule has 1 atom stereocenters. The van der Waals surface area contributed by atoms with Crippen molar-refractivity contribution < 1.29 is 19.2 Å². The number of aryl methyl sites for hydroxylation is 2. The molecule has 30 heavy (non-hydrogen) atoms. The maximum atomic E-state index is 12.8. The smallest absolute Gasteiger partial charge is 0.256 e. The highest BCUT2D eigenvalue weighted by Crippen LogP contribution is 2.34. The van der Waals surface area contributed by atoms with Crippen molar-refractivity contribution in [2.24, 2.45) is 0 Å². The molecule has 2 aromatic rings. The molecule has 4 rings (SSSR count). The van der Waals surface area contributed by atoms with Crippen LogP contribution in [-0.4, -0.2) is 34.4 Å². The topological polar surface area (TPSA) is 83.6 Å². The van der Waals surface area contributed by atoms with Crippen molar-refractivity contribution in [3.05, 3.63) is 56.8 Å². The van der Waals surface area contributed by atoms with Crippen LogP contribution in [0.25, 0.3) is 0 Å². The Morgan fingerprint density at radius 3 is 2.67 bits per heavy atom. The van der Waals surface area contributed by atoms with Crippen LogP contribution in [0.15, 0.2) is 29.6 Å². The number of nitrogens with zero attached hydrogens (tertiary/aromatic N) is 1. The minimum atomic E-state index is -0.576. The molecule has 3 heterocycles. The molecule has 1 saturated heterocycles. The van der Waals surface area contributed by atoms with Gasteiger partial charge in [-0.2, -0.15) is 0 Å². The van der Waals surface area contributed by atoms with Gasteiger partial charge in [0.05, 0.1) is 5.56 Å². The molecule has 0 aliphatic carbocycles. The number of ketones is 1. The Morgan fingerprint density at radius 1 is 1.17 bits per heavy atom. The minimum absolute atomic E-state index is 0.128. The lowest BCUT2D eigenvalue weighted by atomic mass is 10.0. The van der Waals surface area contributed by atoms with Gasteiger partial charge < -0.3 is 4.90 Å². The summed E-state index contributed by atoms with van der Waals surface area (Å²) in [4.78, 5) is 51.3. The van der Waals surface area contributed by atoms with Crippen LogP contribution in [-0.2, 0) is 22.6 Å². The number of thiophene rings is 1. The van der Waals surface area contributed by atoms with Gasteiger partial charge in [-0.3, -0.25) is 24.5 Å². The average molecular weight is 425 g/mol. The van der Waals surface area contributed by atoms with Crippen molar-refractivity contribution in [3.8, 4) is 0 Å². The van der Waals surface area contributed by atoms with Crippen LogP contribution in [0.4, 0.5) is 0 Å². The van der Waals surface area contributed by atoms with E-state index in [-0.39, 0.29) is 29.9 Å². The van der Waals surface area contributed by atoms with Gasteiger partial charge in [-0.1, -0.05) is 29.8 Å². The molecule has 1 N–H and O–H groups in total. The van der Waals surface area contributed by atoms with Gasteiger partial charge in [-0.15, -0.1) is 11.3 Å². The highest BCUT2D eigenvalue weighted by molar-refractivity contribution is 7.10. The third kappa shape index (κ3) is 4.07. The van der Waals surface area contributed by atoms with Gasteiger partial charge in [0.2, 0.25) is 11.8 Å². The minimum Gasteiger partial charge on any atom is -0.322 e. The van der Waals surface area contributed by atoms with Gasteiger partial charge in [-0.25, -0.2) is 0 Å². The van der Waals surface area contributed by atoms with Crippen molar-refractivity contribution in [1.82, 2.24) is 10.2 Å². The number of hydrogen-bond donors (Lipinski definition) is 1. The van der Waals surface area contributed by atoms with Crippen molar-refractivity contribution >= 4 is 34.8 Å². The number of nitrogens with one attached hydrogen (secondary N) is 1. The number of piperidine rings is 1. The highest BCUT2D eigenvalue weighted by atomic mass is 32.1. The average Bonchev–Trinajstić information content (AvgIpc) is 3.26. The zero-order valence-corrected chi connectivity index (χ0v) is 17.7. The van der Waals surface area contributed by atoms with Crippen molar-refractivity contribution in [2.75, 3.05) is 0 Å². The van der Waals surface area contributed by atoms with Gasteiger partial charge in [0.25, 0.3) is 5.91 Å². The van der Waals surface area contributed by atoms with Crippen LogP contribution >= 0.6 is 11.3 Å². The van der Waals surface area contributed by atoms with Gasteiger partial charge in [0, 0.05) is 35.2 Å². The van der Waals surface area contributed by atoms with Gasteiger partial charge >= 0.3 is 0 Å². The van der Waals surface area contributed by atoms with Crippen molar-refractivity contribution in [3.63, 3.8) is 0 Å². The van der Waals surface area contributed by atoms with Gasteiger partial charge in [-0.05, 0) is 38.2 Å². The molecule has 3 amide bonds. The number of rotatable bonds is 7. The van der Waals surface area contributed by atoms with E-state index in [2.05, 4.69) is 5.32 Å². The third-order valence-corrected chi connectivity index (χ3v) is 6.91. The van der Waals surface area contributed by atoms with E-state index in [9.17, 15) is 19.2 Å². The molecule has 1 fully saturated rings. The second-order valence-electron chi connectivity index (χ2n) is 7.95. The number of carbonyl (C=O) groups is 4. The molecule has 1 aromatic carbocycles. The molecule has 0 radical (unpaired) electrons. The van der Waals surface area contributed by atoms with E-state index in [1.807, 2.05) is 36.6 Å². The summed E-state index contributed by atoms with van der Waals surface area (Å²) >= 11 is 1.58. The number of imide groups is 1. The first-order chi connectivity index (χ1) is 14.4. The molecule has 2 aliphatic rings. The Morgan fingerprint density at radius 2 is 1.93 bits per heavy atom. The normalized spacial score (nSPS) is 18.5. The van der Waals surface area contributed by atoms with Crippen LogP contribution in [0.1, 0.15) is 68.8 Å². The van der Waals surface area contributed by atoms with E-state index in [0.29, 0.717) is 24.9 Å². The highest BCUT2D eigenvalue weighted by Gasteiger charge is 2.40. The summed E-state index contributed by atoms with van der Waals surface area (Å²) in [6, 6.07) is 7.08. The molecular weight excluding hydrogens is 400 g/mol. The first-order valence-corrected chi connectivity index (χ1v) is 11.2. The molecule has 2 aliphatic heterocycles. The van der Waals surface area contributed by atoms with Crippen LogP contribution in [0, 0.1) is 6.92 Å². The molecule has 0 spiro atoms. The first kappa shape index (κ1) is 20.5. The lowest BCUT2D eigenvalue weighted by molar-refractivity contribution is -0.136. The monoisotopic (exact) mass is 424 g/mol. The molecule has 0 saturated carbocycles. The predicted octanol–water partition coefficient (Wildman–Crippen LogP) is 3.41. The lowest BCUT2D eigenvalue weighted by Crippen LogP contribution is -2.52. The number of carbonyl (C=O) groups excluding carboxylic acids is 4.